The van der Waals surface area contributed by atoms with Gasteiger partial charge >= 0.3 is 18.2 Å². The Morgan fingerprint density at radius 2 is 1.76 bits per heavy atom. The molecule has 3 aromatic heterocycles. The normalized spacial score (nSPS) is 24.8. The van der Waals surface area contributed by atoms with Crippen molar-refractivity contribution in [2.45, 2.75) is 108 Å². The number of hydrogen-bond donors (Lipinski definition) is 1. The van der Waals surface area contributed by atoms with Gasteiger partial charge in [-0.3, -0.25) is 20.1 Å². The summed E-state index contributed by atoms with van der Waals surface area (Å²) in [6, 6.07) is 2.22. The van der Waals surface area contributed by atoms with Crippen LogP contribution in [0.4, 0.5) is 33.7 Å². The highest BCUT2D eigenvalue weighted by molar-refractivity contribution is 7.22. The van der Waals surface area contributed by atoms with Crippen LogP contribution < -0.4 is 15.0 Å². The minimum Gasteiger partial charge on any atom is -0.461 e. The Morgan fingerprint density at radius 1 is 0.983 bits per heavy atom. The number of thiazole rings is 1. The summed E-state index contributed by atoms with van der Waals surface area (Å²) in [5.41, 5.74) is -2.76. The van der Waals surface area contributed by atoms with E-state index in [0.29, 0.717) is 43.6 Å². The largest absolute Gasteiger partial charge is 0.461 e. The lowest BCUT2D eigenvalue weighted by Crippen LogP contribution is -2.66. The first-order valence-corrected chi connectivity index (χ1v) is 20.4. The van der Waals surface area contributed by atoms with Crippen molar-refractivity contribution in [3.63, 3.8) is 0 Å². The average molecular weight is 827 g/mol. The molecule has 0 unspecified atom stereocenters. The number of nitrogens with one attached hydrogen (secondary N) is 1. The van der Waals surface area contributed by atoms with Crippen LogP contribution in [0.3, 0.4) is 0 Å². The molecule has 7 heterocycles. The Morgan fingerprint density at radius 3 is 2.50 bits per heavy atom. The fraction of sp³-hybridized carbons (Fsp3) is 0.600. The maximum Gasteiger partial charge on any atom is 0.413 e. The smallest absolute Gasteiger partial charge is 0.413 e. The lowest BCUT2D eigenvalue weighted by molar-refractivity contribution is -0.0261. The molecule has 312 valence electrons. The van der Waals surface area contributed by atoms with Crippen LogP contribution in [0.5, 0.6) is 6.01 Å². The van der Waals surface area contributed by atoms with Crippen LogP contribution in [0, 0.1) is 11.6 Å². The number of nitrogens with zero attached hydrogens (tertiary/aromatic N) is 7. The number of aromatic nitrogens is 4. The van der Waals surface area contributed by atoms with Crippen molar-refractivity contribution in [1.29, 1.82) is 0 Å². The van der Waals surface area contributed by atoms with E-state index in [2.05, 4.69) is 25.2 Å². The lowest BCUT2D eigenvalue weighted by atomic mass is 9.95. The van der Waals surface area contributed by atoms with Gasteiger partial charge in [-0.05, 0) is 85.9 Å². The standard InChI is InChI=1S/C40H49F3N8O6S/c1-37(2,3)56-35(52)48-34-46-30-24(9-10-26(42)31(30)58-34)28-27(43)29-25(16-44-28)32(47-33(45-29)55-21-39-12-8-14-50(39)17-22(41)15-39)49-18-23-11-13-40(19-49,20-54-7)51(23)36(53)57-38(4,5)6/h9-10,16,22-23H,8,11-15,17-21H2,1-7H3,(H,46,48,52)/t22-,23+,39+,40-/m1/s1. The maximum absolute atomic E-state index is 17.2. The Balaban J connectivity index is 1.21. The van der Waals surface area contributed by atoms with Crippen LogP contribution in [0.25, 0.3) is 32.4 Å². The Kier molecular flexibility index (Phi) is 10.1. The van der Waals surface area contributed by atoms with Crippen LogP contribution in [0.2, 0.25) is 0 Å². The lowest BCUT2D eigenvalue weighted by Gasteiger charge is -2.49. The topological polar surface area (TPSA) is 144 Å². The number of piperazine rings is 1. The predicted molar refractivity (Wildman–Crippen MR) is 212 cm³/mol. The van der Waals surface area contributed by atoms with E-state index in [1.165, 1.54) is 18.3 Å². The van der Waals surface area contributed by atoms with Gasteiger partial charge in [0.2, 0.25) is 0 Å². The van der Waals surface area contributed by atoms with Gasteiger partial charge in [0, 0.05) is 44.9 Å². The second kappa shape index (κ2) is 14.6. The van der Waals surface area contributed by atoms with Crippen molar-refractivity contribution in [1.82, 2.24) is 29.7 Å². The molecule has 2 amide bonds. The number of carbonyl (C=O) groups excluding carboxylic acids is 2. The van der Waals surface area contributed by atoms with Crippen molar-refractivity contribution in [2.75, 3.05) is 56.7 Å². The predicted octanol–water partition coefficient (Wildman–Crippen LogP) is 7.49. The number of alkyl halides is 1. The summed E-state index contributed by atoms with van der Waals surface area (Å²) in [5, 5.41) is 2.90. The van der Waals surface area contributed by atoms with Gasteiger partial charge in [-0.2, -0.15) is 9.97 Å². The third-order valence-corrected chi connectivity index (χ3v) is 12.3. The number of halogens is 3. The number of pyridine rings is 1. The Hall–Kier alpha value is -4.55. The van der Waals surface area contributed by atoms with E-state index in [4.69, 9.17) is 23.9 Å². The van der Waals surface area contributed by atoms with E-state index in [1.54, 1.807) is 32.8 Å². The van der Waals surface area contributed by atoms with Crippen molar-refractivity contribution in [2.24, 2.45) is 0 Å². The monoisotopic (exact) mass is 826 g/mol. The maximum atomic E-state index is 17.2. The van der Waals surface area contributed by atoms with Crippen LogP contribution in [-0.4, -0.2) is 123 Å². The molecule has 58 heavy (non-hydrogen) atoms. The van der Waals surface area contributed by atoms with Crippen molar-refractivity contribution < 1.29 is 41.7 Å². The van der Waals surface area contributed by atoms with E-state index in [0.717, 1.165) is 30.7 Å². The fourth-order valence-electron chi connectivity index (χ4n) is 9.12. The SMILES string of the molecule is COC[C@@]12CC[C@@H](CN(c3nc(OC[C@@]45CCCN4C[C@H](F)C5)nc4c(F)c(-c5ccc(F)c6sc(NC(=O)OC(C)(C)C)nc56)ncc34)C1)N2C(=O)OC(C)(C)C. The first kappa shape index (κ1) is 40.2. The van der Waals surface area contributed by atoms with Gasteiger partial charge in [0.1, 0.15) is 46.8 Å². The highest BCUT2D eigenvalue weighted by atomic mass is 32.1. The zero-order valence-electron chi connectivity index (χ0n) is 33.8. The minimum absolute atomic E-state index is 0.0602. The molecule has 4 atom stereocenters. The van der Waals surface area contributed by atoms with Gasteiger partial charge in [-0.15, -0.1) is 0 Å². The van der Waals surface area contributed by atoms with E-state index < -0.39 is 52.3 Å². The molecule has 0 radical (unpaired) electrons. The zero-order chi connectivity index (χ0) is 41.4. The van der Waals surface area contributed by atoms with Crippen molar-refractivity contribution in [3.05, 3.63) is 30.0 Å². The summed E-state index contributed by atoms with van der Waals surface area (Å²) in [5.74, 6) is -1.07. The summed E-state index contributed by atoms with van der Waals surface area (Å²) in [7, 11) is 1.59. The van der Waals surface area contributed by atoms with E-state index >= 15 is 8.78 Å². The number of benzene rings is 1. The molecule has 14 nitrogen and oxygen atoms in total. The number of rotatable bonds is 8. The molecular weight excluding hydrogens is 778 g/mol. The highest BCUT2D eigenvalue weighted by Crippen LogP contribution is 2.45. The number of ether oxygens (including phenoxy) is 4. The third-order valence-electron chi connectivity index (χ3n) is 11.3. The molecule has 8 rings (SSSR count). The number of hydrogen-bond acceptors (Lipinski definition) is 13. The minimum atomic E-state index is -0.977. The Labute approximate surface area is 338 Å². The molecule has 4 aliphatic rings. The first-order chi connectivity index (χ1) is 27.4. The highest BCUT2D eigenvalue weighted by Gasteiger charge is 2.55. The molecule has 0 spiro atoms. The van der Waals surface area contributed by atoms with Crippen molar-refractivity contribution in [3.8, 4) is 17.3 Å². The van der Waals surface area contributed by atoms with Crippen molar-refractivity contribution >= 4 is 55.6 Å². The molecule has 4 fully saturated rings. The summed E-state index contributed by atoms with van der Waals surface area (Å²) in [6.07, 6.45) is 2.61. The van der Waals surface area contributed by atoms with Gasteiger partial charge in [0.25, 0.3) is 0 Å². The summed E-state index contributed by atoms with van der Waals surface area (Å²) in [6.45, 7) is 12.7. The Bertz CT molecular complexity index is 2260. The molecule has 4 aliphatic heterocycles. The first-order valence-electron chi connectivity index (χ1n) is 19.6. The van der Waals surface area contributed by atoms with Crippen LogP contribution >= 0.6 is 11.3 Å². The molecule has 2 bridgehead atoms. The molecule has 0 aliphatic carbocycles. The van der Waals surface area contributed by atoms with E-state index in [-0.39, 0.29) is 63.9 Å². The average Bonchev–Trinajstić information content (AvgIpc) is 3.85. The van der Waals surface area contributed by atoms with E-state index in [1.807, 2.05) is 25.7 Å². The van der Waals surface area contributed by atoms with E-state index in [9.17, 15) is 14.0 Å². The van der Waals surface area contributed by atoms with Gasteiger partial charge in [0.15, 0.2) is 10.9 Å². The number of fused-ring (bicyclic) bond motifs is 5. The van der Waals surface area contributed by atoms with Gasteiger partial charge in [-0.1, -0.05) is 11.3 Å². The number of amides is 2. The fourth-order valence-corrected chi connectivity index (χ4v) is 10.0. The van der Waals surface area contributed by atoms with Crippen LogP contribution in [0.1, 0.15) is 73.6 Å². The molecule has 18 heteroatoms. The number of carbonyl (C=O) groups is 2. The molecule has 4 aromatic rings. The second-order valence-corrected chi connectivity index (χ2v) is 18.9. The molecule has 0 saturated carbocycles. The zero-order valence-corrected chi connectivity index (χ0v) is 34.6. The number of methoxy groups -OCH3 is 1. The van der Waals surface area contributed by atoms with Gasteiger partial charge in [0.05, 0.1) is 39.3 Å². The third kappa shape index (κ3) is 7.46. The molecular formula is C40H49F3N8O6S. The molecule has 1 N–H and O–H groups in total. The summed E-state index contributed by atoms with van der Waals surface area (Å²) >= 11 is 0.882. The summed E-state index contributed by atoms with van der Waals surface area (Å²) in [4.78, 5) is 50.6. The van der Waals surface area contributed by atoms with Gasteiger partial charge in [-0.25, -0.2) is 27.7 Å². The van der Waals surface area contributed by atoms with Crippen LogP contribution in [0.15, 0.2) is 18.3 Å². The summed E-state index contributed by atoms with van der Waals surface area (Å²) < 4.78 is 70.5. The van der Waals surface area contributed by atoms with Crippen LogP contribution in [-0.2, 0) is 14.2 Å². The quantitative estimate of drug-likeness (QED) is 0.188. The van der Waals surface area contributed by atoms with Gasteiger partial charge < -0.3 is 23.8 Å². The number of anilines is 2. The second-order valence-electron chi connectivity index (χ2n) is 17.9. The molecule has 4 saturated heterocycles. The molecule has 1 aromatic carbocycles.